The minimum atomic E-state index is 0.237. The Bertz CT molecular complexity index is 322. The van der Waals surface area contributed by atoms with E-state index in [0.717, 1.165) is 24.8 Å². The number of methoxy groups -OCH3 is 1. The van der Waals surface area contributed by atoms with Gasteiger partial charge in [0, 0.05) is 25.7 Å². The Morgan fingerprint density at radius 1 is 1.10 bits per heavy atom. The third-order valence-corrected chi connectivity index (χ3v) is 6.45. The minimum Gasteiger partial charge on any atom is -0.381 e. The monoisotopic (exact) mass is 280 g/mol. The molecule has 0 bridgehead atoms. The summed E-state index contributed by atoms with van der Waals surface area (Å²) in [6.45, 7) is 3.39. The molecular formula is C17H32N2O. The van der Waals surface area contributed by atoms with Crippen molar-refractivity contribution in [2.45, 2.75) is 69.4 Å². The molecule has 1 saturated heterocycles. The summed E-state index contributed by atoms with van der Waals surface area (Å²) in [5.74, 6) is 1.96. The van der Waals surface area contributed by atoms with Gasteiger partial charge < -0.3 is 10.5 Å². The molecular weight excluding hydrogens is 248 g/mol. The lowest BCUT2D eigenvalue weighted by molar-refractivity contribution is -0.0524. The number of hydrogen-bond donors (Lipinski definition) is 1. The first-order valence-corrected chi connectivity index (χ1v) is 8.75. The molecule has 0 radical (unpaired) electrons. The van der Waals surface area contributed by atoms with Crippen LogP contribution in [0, 0.1) is 11.8 Å². The average Bonchev–Trinajstić information content (AvgIpc) is 2.54. The zero-order chi connectivity index (χ0) is 14.0. The van der Waals surface area contributed by atoms with Crippen molar-refractivity contribution in [3.05, 3.63) is 0 Å². The topological polar surface area (TPSA) is 38.5 Å². The van der Waals surface area contributed by atoms with Gasteiger partial charge in [0.25, 0.3) is 0 Å². The summed E-state index contributed by atoms with van der Waals surface area (Å²) in [5, 5.41) is 0. The van der Waals surface area contributed by atoms with Crippen molar-refractivity contribution < 1.29 is 4.74 Å². The standard InChI is InChI=1S/C17H32N2O/c1-20-16-7-4-9-17(11-16,13-18)19-10-8-14-5-2-3-6-15(14)12-19/h14-16H,2-13,18H2,1H3. The van der Waals surface area contributed by atoms with Crippen LogP contribution < -0.4 is 5.73 Å². The SMILES string of the molecule is COC1CCCC(CN)(N2CCC3CCCCC3C2)C1. The Hall–Kier alpha value is -0.120. The molecule has 3 nitrogen and oxygen atoms in total. The molecule has 20 heavy (non-hydrogen) atoms. The molecule has 1 aliphatic heterocycles. The van der Waals surface area contributed by atoms with Crippen molar-refractivity contribution in [2.75, 3.05) is 26.7 Å². The summed E-state index contributed by atoms with van der Waals surface area (Å²) >= 11 is 0. The molecule has 4 unspecified atom stereocenters. The maximum Gasteiger partial charge on any atom is 0.0589 e. The summed E-state index contributed by atoms with van der Waals surface area (Å²) in [5.41, 5.74) is 6.49. The maximum atomic E-state index is 6.26. The predicted octanol–water partition coefficient (Wildman–Crippen LogP) is 2.79. The Kier molecular flexibility index (Phi) is 4.68. The van der Waals surface area contributed by atoms with Gasteiger partial charge in [-0.3, -0.25) is 4.90 Å². The molecule has 4 atom stereocenters. The number of nitrogens with two attached hydrogens (primary N) is 1. The van der Waals surface area contributed by atoms with Gasteiger partial charge in [0.15, 0.2) is 0 Å². The fourth-order valence-electron chi connectivity index (χ4n) is 5.12. The van der Waals surface area contributed by atoms with E-state index in [1.807, 2.05) is 7.11 Å². The van der Waals surface area contributed by atoms with Gasteiger partial charge >= 0.3 is 0 Å². The quantitative estimate of drug-likeness (QED) is 0.864. The first kappa shape index (κ1) is 14.8. The molecule has 0 aromatic heterocycles. The van der Waals surface area contributed by atoms with Crippen molar-refractivity contribution >= 4 is 0 Å². The van der Waals surface area contributed by atoms with Crippen LogP contribution in [0.15, 0.2) is 0 Å². The van der Waals surface area contributed by atoms with Gasteiger partial charge in [-0.25, -0.2) is 0 Å². The molecule has 3 fully saturated rings. The molecule has 3 heteroatoms. The first-order chi connectivity index (χ1) is 9.77. The number of likely N-dealkylation sites (tertiary alicyclic amines) is 1. The van der Waals surface area contributed by atoms with E-state index in [9.17, 15) is 0 Å². The van der Waals surface area contributed by atoms with E-state index in [1.165, 1.54) is 64.5 Å². The molecule has 2 saturated carbocycles. The average molecular weight is 280 g/mol. The highest BCUT2D eigenvalue weighted by Gasteiger charge is 2.44. The minimum absolute atomic E-state index is 0.237. The first-order valence-electron chi connectivity index (χ1n) is 8.75. The van der Waals surface area contributed by atoms with Crippen LogP contribution >= 0.6 is 0 Å². The van der Waals surface area contributed by atoms with Crippen LogP contribution in [0.4, 0.5) is 0 Å². The Balaban J connectivity index is 1.69. The number of nitrogens with zero attached hydrogens (tertiary/aromatic N) is 1. The molecule has 0 amide bonds. The third kappa shape index (κ3) is 2.77. The van der Waals surface area contributed by atoms with E-state index < -0.39 is 0 Å². The van der Waals surface area contributed by atoms with Crippen LogP contribution in [0.3, 0.4) is 0 Å². The van der Waals surface area contributed by atoms with E-state index in [4.69, 9.17) is 10.5 Å². The van der Waals surface area contributed by atoms with Crippen molar-refractivity contribution in [3.63, 3.8) is 0 Å². The smallest absolute Gasteiger partial charge is 0.0589 e. The highest BCUT2D eigenvalue weighted by atomic mass is 16.5. The molecule has 2 aliphatic carbocycles. The zero-order valence-electron chi connectivity index (χ0n) is 13.2. The summed E-state index contributed by atoms with van der Waals surface area (Å²) < 4.78 is 5.66. The number of piperidine rings is 1. The van der Waals surface area contributed by atoms with Crippen LogP contribution in [0.5, 0.6) is 0 Å². The zero-order valence-corrected chi connectivity index (χ0v) is 13.2. The largest absolute Gasteiger partial charge is 0.381 e. The summed E-state index contributed by atoms with van der Waals surface area (Å²) in [6, 6.07) is 0. The second kappa shape index (κ2) is 6.33. The predicted molar refractivity (Wildman–Crippen MR) is 82.7 cm³/mol. The fourth-order valence-corrected chi connectivity index (χ4v) is 5.12. The van der Waals surface area contributed by atoms with E-state index in [1.54, 1.807) is 0 Å². The Morgan fingerprint density at radius 3 is 2.65 bits per heavy atom. The van der Waals surface area contributed by atoms with Gasteiger partial charge in [0.1, 0.15) is 0 Å². The highest BCUT2D eigenvalue weighted by molar-refractivity contribution is 5.00. The van der Waals surface area contributed by atoms with Gasteiger partial charge in [0.05, 0.1) is 6.10 Å². The summed E-state index contributed by atoms with van der Waals surface area (Å²) in [6.07, 6.45) is 12.6. The Morgan fingerprint density at radius 2 is 1.90 bits per heavy atom. The molecule has 116 valence electrons. The van der Waals surface area contributed by atoms with Crippen LogP contribution in [0.1, 0.15) is 57.8 Å². The molecule has 0 spiro atoms. The Labute approximate surface area is 124 Å². The lowest BCUT2D eigenvalue weighted by Gasteiger charge is -2.53. The summed E-state index contributed by atoms with van der Waals surface area (Å²) in [4.78, 5) is 2.77. The number of hydrogen-bond acceptors (Lipinski definition) is 3. The normalized spacial score (nSPS) is 43.2. The van der Waals surface area contributed by atoms with Gasteiger partial charge in [-0.1, -0.05) is 19.3 Å². The van der Waals surface area contributed by atoms with Crippen molar-refractivity contribution in [3.8, 4) is 0 Å². The van der Waals surface area contributed by atoms with E-state index >= 15 is 0 Å². The van der Waals surface area contributed by atoms with Gasteiger partial charge in [0.2, 0.25) is 0 Å². The van der Waals surface area contributed by atoms with E-state index in [-0.39, 0.29) is 5.54 Å². The summed E-state index contributed by atoms with van der Waals surface area (Å²) in [7, 11) is 1.87. The highest BCUT2D eigenvalue weighted by Crippen LogP contribution is 2.42. The van der Waals surface area contributed by atoms with Crippen molar-refractivity contribution in [1.29, 1.82) is 0 Å². The van der Waals surface area contributed by atoms with Gasteiger partial charge in [-0.05, 0) is 56.9 Å². The van der Waals surface area contributed by atoms with Crippen molar-refractivity contribution in [2.24, 2.45) is 17.6 Å². The van der Waals surface area contributed by atoms with Crippen molar-refractivity contribution in [1.82, 2.24) is 4.90 Å². The third-order valence-electron chi connectivity index (χ3n) is 6.45. The molecule has 2 N–H and O–H groups in total. The number of fused-ring (bicyclic) bond motifs is 1. The van der Waals surface area contributed by atoms with E-state index in [2.05, 4.69) is 4.90 Å². The lowest BCUT2D eigenvalue weighted by atomic mass is 9.71. The number of ether oxygens (including phenoxy) is 1. The maximum absolute atomic E-state index is 6.26. The molecule has 3 aliphatic rings. The van der Waals surface area contributed by atoms with E-state index in [0.29, 0.717) is 6.10 Å². The van der Waals surface area contributed by atoms with Gasteiger partial charge in [-0.15, -0.1) is 0 Å². The molecule has 0 aromatic carbocycles. The molecule has 1 heterocycles. The lowest BCUT2D eigenvalue weighted by Crippen LogP contribution is -2.61. The van der Waals surface area contributed by atoms with Gasteiger partial charge in [-0.2, -0.15) is 0 Å². The fraction of sp³-hybridized carbons (Fsp3) is 1.00. The van der Waals surface area contributed by atoms with Crippen LogP contribution in [-0.4, -0.2) is 43.3 Å². The second-order valence-corrected chi connectivity index (χ2v) is 7.42. The van der Waals surface area contributed by atoms with Crippen LogP contribution in [0.25, 0.3) is 0 Å². The molecule has 0 aromatic rings. The number of rotatable bonds is 3. The second-order valence-electron chi connectivity index (χ2n) is 7.42. The van der Waals surface area contributed by atoms with Crippen LogP contribution in [-0.2, 0) is 4.74 Å². The van der Waals surface area contributed by atoms with Crippen LogP contribution in [0.2, 0.25) is 0 Å². The molecule has 3 rings (SSSR count).